The first-order chi connectivity index (χ1) is 10.3. The predicted molar refractivity (Wildman–Crippen MR) is 87.9 cm³/mol. The molecule has 0 aliphatic heterocycles. The average Bonchev–Trinajstić information content (AvgIpc) is 3.00. The molecule has 102 valence electrons. The first-order valence-corrected chi connectivity index (χ1v) is 7.35. The van der Waals surface area contributed by atoms with Crippen LogP contribution in [0, 0.1) is 0 Å². The second-order valence-electron chi connectivity index (χ2n) is 4.67. The van der Waals surface area contributed by atoms with Crippen LogP contribution < -0.4 is 5.32 Å². The van der Waals surface area contributed by atoms with Gasteiger partial charge < -0.3 is 5.32 Å². The van der Waals surface area contributed by atoms with E-state index in [0.717, 1.165) is 32.7 Å². The van der Waals surface area contributed by atoms with E-state index in [9.17, 15) is 0 Å². The van der Waals surface area contributed by atoms with E-state index in [1.165, 1.54) is 0 Å². The molecular formula is C16H11BrN4. The molecule has 4 aromatic rings. The minimum atomic E-state index is 0.741. The van der Waals surface area contributed by atoms with Crippen molar-refractivity contribution in [3.63, 3.8) is 0 Å². The Bertz CT molecular complexity index is 945. The number of imidazole rings is 1. The molecule has 2 aromatic carbocycles. The van der Waals surface area contributed by atoms with Crippen LogP contribution in [0.4, 0.5) is 11.5 Å². The quantitative estimate of drug-likeness (QED) is 0.589. The number of fused-ring (bicyclic) bond motifs is 3. The molecule has 21 heavy (non-hydrogen) atoms. The molecule has 1 N–H and O–H groups in total. The lowest BCUT2D eigenvalue weighted by Gasteiger charge is -2.10. The molecule has 0 fully saturated rings. The summed E-state index contributed by atoms with van der Waals surface area (Å²) in [5, 5.41) is 3.35. The fourth-order valence-corrected chi connectivity index (χ4v) is 2.76. The number of para-hydroxylation sites is 3. The van der Waals surface area contributed by atoms with Crippen LogP contribution >= 0.6 is 15.9 Å². The van der Waals surface area contributed by atoms with Crippen molar-refractivity contribution in [1.29, 1.82) is 0 Å². The van der Waals surface area contributed by atoms with Gasteiger partial charge >= 0.3 is 0 Å². The molecule has 0 bridgehead atoms. The highest BCUT2D eigenvalue weighted by Crippen LogP contribution is 2.27. The third-order valence-electron chi connectivity index (χ3n) is 3.35. The largest absolute Gasteiger partial charge is 0.336 e. The summed E-state index contributed by atoms with van der Waals surface area (Å²) in [6, 6.07) is 16.0. The third kappa shape index (κ3) is 2.06. The molecule has 2 aromatic heterocycles. The molecule has 0 unspecified atom stereocenters. The number of aromatic nitrogens is 3. The Morgan fingerprint density at radius 1 is 1.00 bits per heavy atom. The molecule has 0 aliphatic rings. The van der Waals surface area contributed by atoms with Gasteiger partial charge in [0, 0.05) is 16.9 Å². The summed E-state index contributed by atoms with van der Waals surface area (Å²) in [6.07, 6.45) is 3.74. The van der Waals surface area contributed by atoms with Gasteiger partial charge in [0.05, 0.1) is 16.7 Å². The first kappa shape index (κ1) is 12.3. The zero-order valence-corrected chi connectivity index (χ0v) is 12.6. The lowest BCUT2D eigenvalue weighted by atomic mass is 10.3. The van der Waals surface area contributed by atoms with Gasteiger partial charge in [-0.05, 0) is 40.2 Å². The van der Waals surface area contributed by atoms with Crippen molar-refractivity contribution in [2.45, 2.75) is 0 Å². The van der Waals surface area contributed by atoms with Crippen molar-refractivity contribution < 1.29 is 0 Å². The van der Waals surface area contributed by atoms with Gasteiger partial charge in [0.15, 0.2) is 11.5 Å². The van der Waals surface area contributed by atoms with Crippen LogP contribution in [0.1, 0.15) is 0 Å². The monoisotopic (exact) mass is 338 g/mol. The number of rotatable bonds is 2. The normalized spacial score (nSPS) is 11.1. The highest BCUT2D eigenvalue weighted by Gasteiger charge is 2.10. The van der Waals surface area contributed by atoms with E-state index in [-0.39, 0.29) is 0 Å². The molecule has 0 aliphatic carbocycles. The lowest BCUT2D eigenvalue weighted by molar-refractivity contribution is 1.21. The summed E-state index contributed by atoms with van der Waals surface area (Å²) in [5.74, 6) is 0.741. The molecular weight excluding hydrogens is 328 g/mol. The van der Waals surface area contributed by atoms with Crippen LogP contribution in [0.5, 0.6) is 0 Å². The maximum atomic E-state index is 4.70. The number of hydrogen-bond donors (Lipinski definition) is 1. The van der Waals surface area contributed by atoms with Crippen molar-refractivity contribution >= 4 is 44.1 Å². The number of nitrogens with zero attached hydrogens (tertiary/aromatic N) is 3. The third-order valence-corrected chi connectivity index (χ3v) is 4.04. The molecule has 0 atom stereocenters. The molecule has 5 heteroatoms. The predicted octanol–water partition coefficient (Wildman–Crippen LogP) is 4.39. The summed E-state index contributed by atoms with van der Waals surface area (Å²) in [5.41, 5.74) is 3.75. The van der Waals surface area contributed by atoms with Crippen molar-refractivity contribution in [3.8, 4) is 0 Å². The van der Waals surface area contributed by atoms with Crippen LogP contribution in [0.15, 0.2) is 65.4 Å². The second kappa shape index (κ2) is 4.86. The van der Waals surface area contributed by atoms with Crippen LogP contribution in [0.25, 0.3) is 16.7 Å². The highest BCUT2D eigenvalue weighted by molar-refractivity contribution is 9.10. The standard InChI is InChI=1S/C16H11BrN4/c17-11-5-1-2-6-12(11)19-15-16-18-9-10-21(16)14-8-4-3-7-13(14)20-15/h1-10H,(H,19,20). The van der Waals surface area contributed by atoms with E-state index >= 15 is 0 Å². The summed E-state index contributed by atoms with van der Waals surface area (Å²) in [4.78, 5) is 9.11. The zero-order valence-electron chi connectivity index (χ0n) is 11.0. The highest BCUT2D eigenvalue weighted by atomic mass is 79.9. The van der Waals surface area contributed by atoms with Gasteiger partial charge in [-0.3, -0.25) is 4.40 Å². The Balaban J connectivity index is 1.95. The SMILES string of the molecule is Brc1ccccc1Nc1nc2ccccc2n2ccnc12. The maximum Gasteiger partial charge on any atom is 0.180 e. The molecule has 0 spiro atoms. The zero-order chi connectivity index (χ0) is 14.2. The number of nitrogens with one attached hydrogen (secondary N) is 1. The Kier molecular flexibility index (Phi) is 2.86. The maximum absolute atomic E-state index is 4.70. The van der Waals surface area contributed by atoms with E-state index in [1.807, 2.05) is 59.1 Å². The topological polar surface area (TPSA) is 42.2 Å². The Morgan fingerprint density at radius 2 is 1.81 bits per heavy atom. The molecule has 0 radical (unpaired) electrons. The molecule has 0 amide bonds. The van der Waals surface area contributed by atoms with Gasteiger partial charge in [0.1, 0.15) is 0 Å². The Labute approximate surface area is 129 Å². The van der Waals surface area contributed by atoms with Gasteiger partial charge in [-0.1, -0.05) is 24.3 Å². The van der Waals surface area contributed by atoms with Crippen LogP contribution in [0.2, 0.25) is 0 Å². The molecule has 0 saturated carbocycles. The number of anilines is 2. The second-order valence-corrected chi connectivity index (χ2v) is 5.53. The first-order valence-electron chi connectivity index (χ1n) is 6.56. The van der Waals surface area contributed by atoms with Crippen molar-refractivity contribution in [2.24, 2.45) is 0 Å². The van der Waals surface area contributed by atoms with E-state index in [2.05, 4.69) is 26.2 Å². The van der Waals surface area contributed by atoms with Crippen molar-refractivity contribution in [3.05, 3.63) is 65.4 Å². The van der Waals surface area contributed by atoms with Gasteiger partial charge in [-0.15, -0.1) is 0 Å². The van der Waals surface area contributed by atoms with Gasteiger partial charge in [0.25, 0.3) is 0 Å². The minimum Gasteiger partial charge on any atom is -0.336 e. The lowest BCUT2D eigenvalue weighted by Crippen LogP contribution is -2.00. The van der Waals surface area contributed by atoms with Crippen LogP contribution in [-0.2, 0) is 0 Å². The smallest absolute Gasteiger partial charge is 0.180 e. The Hall–Kier alpha value is -2.40. The van der Waals surface area contributed by atoms with Crippen molar-refractivity contribution in [1.82, 2.24) is 14.4 Å². The fraction of sp³-hybridized carbons (Fsp3) is 0. The summed E-state index contributed by atoms with van der Waals surface area (Å²) in [6.45, 7) is 0. The van der Waals surface area contributed by atoms with Crippen LogP contribution in [0.3, 0.4) is 0 Å². The molecule has 4 nitrogen and oxygen atoms in total. The number of hydrogen-bond acceptors (Lipinski definition) is 3. The van der Waals surface area contributed by atoms with E-state index in [4.69, 9.17) is 4.98 Å². The summed E-state index contributed by atoms with van der Waals surface area (Å²) < 4.78 is 3.03. The van der Waals surface area contributed by atoms with Gasteiger partial charge in [-0.25, -0.2) is 9.97 Å². The fourth-order valence-electron chi connectivity index (χ4n) is 2.38. The van der Waals surface area contributed by atoms with E-state index in [0.29, 0.717) is 0 Å². The average molecular weight is 339 g/mol. The molecule has 2 heterocycles. The van der Waals surface area contributed by atoms with E-state index in [1.54, 1.807) is 6.20 Å². The minimum absolute atomic E-state index is 0.741. The van der Waals surface area contributed by atoms with Gasteiger partial charge in [-0.2, -0.15) is 0 Å². The summed E-state index contributed by atoms with van der Waals surface area (Å²) in [7, 11) is 0. The summed E-state index contributed by atoms with van der Waals surface area (Å²) >= 11 is 3.54. The van der Waals surface area contributed by atoms with Crippen molar-refractivity contribution in [2.75, 3.05) is 5.32 Å². The van der Waals surface area contributed by atoms with Crippen LogP contribution in [-0.4, -0.2) is 14.4 Å². The molecule has 4 rings (SSSR count). The van der Waals surface area contributed by atoms with E-state index < -0.39 is 0 Å². The van der Waals surface area contributed by atoms with Gasteiger partial charge in [0.2, 0.25) is 0 Å². The molecule has 0 saturated heterocycles. The number of benzene rings is 2. The number of halogens is 1. The Morgan fingerprint density at radius 3 is 2.71 bits per heavy atom.